The number of piperidine rings is 1. The maximum absolute atomic E-state index is 12.9. The highest BCUT2D eigenvalue weighted by Gasteiger charge is 2.28. The molecule has 5 nitrogen and oxygen atoms in total. The number of nitroso groups, excluding NO2 is 1. The van der Waals surface area contributed by atoms with Crippen LogP contribution in [0.3, 0.4) is 0 Å². The summed E-state index contributed by atoms with van der Waals surface area (Å²) in [5, 5.41) is 3.98. The number of nitrogens with zero attached hydrogens (tertiary/aromatic N) is 3. The monoisotopic (exact) mass is 327 g/mol. The van der Waals surface area contributed by atoms with Gasteiger partial charge in [0, 0.05) is 28.6 Å². The van der Waals surface area contributed by atoms with Gasteiger partial charge in [-0.1, -0.05) is 20.8 Å². The summed E-state index contributed by atoms with van der Waals surface area (Å²) in [6, 6.07) is 5.71. The van der Waals surface area contributed by atoms with Crippen molar-refractivity contribution in [1.29, 1.82) is 0 Å². The molecule has 0 amide bonds. The van der Waals surface area contributed by atoms with Gasteiger partial charge in [-0.25, -0.2) is 0 Å². The molecular formula is C19H25N3O2. The van der Waals surface area contributed by atoms with E-state index < -0.39 is 5.41 Å². The Kier molecular flexibility index (Phi) is 4.30. The average molecular weight is 327 g/mol. The molecule has 0 unspecified atom stereocenters. The number of hydrogen-bond acceptors (Lipinski definition) is 4. The van der Waals surface area contributed by atoms with E-state index in [1.165, 1.54) is 0 Å². The second-order valence-corrected chi connectivity index (χ2v) is 7.86. The van der Waals surface area contributed by atoms with Crippen molar-refractivity contribution in [1.82, 2.24) is 9.47 Å². The van der Waals surface area contributed by atoms with E-state index in [0.717, 1.165) is 42.4 Å². The van der Waals surface area contributed by atoms with Crippen LogP contribution in [0.5, 0.6) is 0 Å². The Morgan fingerprint density at radius 1 is 1.21 bits per heavy atom. The lowest BCUT2D eigenvalue weighted by Crippen LogP contribution is -2.31. The first-order valence-electron chi connectivity index (χ1n) is 8.52. The molecule has 0 N–H and O–H groups in total. The van der Waals surface area contributed by atoms with Gasteiger partial charge in [0.15, 0.2) is 5.78 Å². The lowest BCUT2D eigenvalue weighted by atomic mass is 9.86. The number of fused-ring (bicyclic) bond motifs is 1. The molecule has 0 atom stereocenters. The van der Waals surface area contributed by atoms with E-state index in [-0.39, 0.29) is 5.78 Å². The van der Waals surface area contributed by atoms with Crippen molar-refractivity contribution in [2.45, 2.75) is 39.7 Å². The molecule has 0 spiro atoms. The summed E-state index contributed by atoms with van der Waals surface area (Å²) >= 11 is 0. The fraction of sp³-hybridized carbons (Fsp3) is 0.526. The molecule has 1 aromatic carbocycles. The van der Waals surface area contributed by atoms with Gasteiger partial charge >= 0.3 is 0 Å². The molecule has 0 aliphatic carbocycles. The molecule has 2 aromatic rings. The molecule has 0 bridgehead atoms. The summed E-state index contributed by atoms with van der Waals surface area (Å²) < 4.78 is 2.19. The third-order valence-electron chi connectivity index (χ3n) is 4.93. The predicted octanol–water partition coefficient (Wildman–Crippen LogP) is 4.53. The molecule has 5 heteroatoms. The number of carbonyl (C=O) groups is 1. The number of benzene rings is 1. The van der Waals surface area contributed by atoms with E-state index in [2.05, 4.69) is 21.7 Å². The smallest absolute Gasteiger partial charge is 0.170 e. The summed E-state index contributed by atoms with van der Waals surface area (Å²) in [5.41, 5.74) is 1.65. The molecule has 24 heavy (non-hydrogen) atoms. The molecule has 128 valence electrons. The van der Waals surface area contributed by atoms with Crippen LogP contribution in [-0.2, 0) is 0 Å². The van der Waals surface area contributed by atoms with Crippen LogP contribution in [0.25, 0.3) is 10.9 Å². The maximum Gasteiger partial charge on any atom is 0.170 e. The lowest BCUT2D eigenvalue weighted by molar-refractivity contribution is 0.0859. The van der Waals surface area contributed by atoms with Crippen LogP contribution in [0.15, 0.2) is 29.6 Å². The largest absolute Gasteiger partial charge is 0.344 e. The Hall–Kier alpha value is -2.01. The number of carbonyl (C=O) groups excluding carboxylic acids is 1. The van der Waals surface area contributed by atoms with Crippen molar-refractivity contribution in [2.24, 2.45) is 10.6 Å². The van der Waals surface area contributed by atoms with Gasteiger partial charge in [-0.2, -0.15) is 0 Å². The minimum Gasteiger partial charge on any atom is -0.344 e. The Balaban J connectivity index is 2.13. The zero-order valence-electron chi connectivity index (χ0n) is 14.9. The van der Waals surface area contributed by atoms with E-state index in [4.69, 9.17) is 0 Å². The second-order valence-electron chi connectivity index (χ2n) is 7.86. The van der Waals surface area contributed by atoms with Gasteiger partial charge < -0.3 is 9.47 Å². The van der Waals surface area contributed by atoms with Crippen LogP contribution < -0.4 is 0 Å². The van der Waals surface area contributed by atoms with Crippen LogP contribution in [0.1, 0.15) is 50.0 Å². The van der Waals surface area contributed by atoms with Gasteiger partial charge in [-0.15, -0.1) is 4.91 Å². The summed E-state index contributed by atoms with van der Waals surface area (Å²) in [7, 11) is 2.13. The quantitative estimate of drug-likeness (QED) is 0.614. The van der Waals surface area contributed by atoms with Crippen molar-refractivity contribution >= 4 is 22.4 Å². The van der Waals surface area contributed by atoms with Crippen LogP contribution in [0.2, 0.25) is 0 Å². The average Bonchev–Trinajstić information content (AvgIpc) is 2.92. The second kappa shape index (κ2) is 6.13. The fourth-order valence-corrected chi connectivity index (χ4v) is 3.46. The Morgan fingerprint density at radius 2 is 1.88 bits per heavy atom. The van der Waals surface area contributed by atoms with E-state index in [1.54, 1.807) is 12.1 Å². The van der Waals surface area contributed by atoms with Gasteiger partial charge in [0.05, 0.1) is 5.52 Å². The molecule has 0 radical (unpaired) electrons. The maximum atomic E-state index is 12.9. The molecule has 1 aromatic heterocycles. The Labute approximate surface area is 142 Å². The first-order chi connectivity index (χ1) is 11.3. The first kappa shape index (κ1) is 16.8. The van der Waals surface area contributed by atoms with Gasteiger partial charge in [0.2, 0.25) is 0 Å². The third kappa shape index (κ3) is 3.00. The summed E-state index contributed by atoms with van der Waals surface area (Å²) in [6.45, 7) is 7.90. The zero-order valence-corrected chi connectivity index (χ0v) is 14.9. The highest BCUT2D eigenvalue weighted by molar-refractivity contribution is 6.10. The van der Waals surface area contributed by atoms with E-state index in [9.17, 15) is 9.70 Å². The highest BCUT2D eigenvalue weighted by Crippen LogP contribution is 2.34. The molecular weight excluding hydrogens is 302 g/mol. The Bertz CT molecular complexity index is 778. The van der Waals surface area contributed by atoms with Gasteiger partial charge in [0.25, 0.3) is 0 Å². The minimum absolute atomic E-state index is 0.131. The minimum atomic E-state index is -0.437. The predicted molar refractivity (Wildman–Crippen MR) is 96.9 cm³/mol. The zero-order chi connectivity index (χ0) is 17.5. The van der Waals surface area contributed by atoms with E-state index in [1.807, 2.05) is 33.0 Å². The van der Waals surface area contributed by atoms with Crippen LogP contribution in [0.4, 0.5) is 5.69 Å². The summed E-state index contributed by atoms with van der Waals surface area (Å²) in [5.74, 6) is 0.131. The van der Waals surface area contributed by atoms with Crippen molar-refractivity contribution in [3.05, 3.63) is 34.9 Å². The van der Waals surface area contributed by atoms with Crippen molar-refractivity contribution in [2.75, 3.05) is 20.1 Å². The molecule has 3 rings (SSSR count). The lowest BCUT2D eigenvalue weighted by Gasteiger charge is -2.30. The van der Waals surface area contributed by atoms with Gasteiger partial charge in [-0.3, -0.25) is 4.79 Å². The number of hydrogen-bond donors (Lipinski definition) is 0. The number of rotatable bonds is 3. The number of Topliss-reactive ketones (excluding diaryl/α,β-unsaturated/α-hetero) is 1. The standard InChI is InChI=1S/C19H25N3O2/c1-19(2,3)18(23)16-12-22(14-7-9-21(4)10-8-14)17-11-13(20-24)5-6-15(16)17/h5-6,11-12,14H,7-10H2,1-4H3. The van der Waals surface area contributed by atoms with Crippen molar-refractivity contribution in [3.63, 3.8) is 0 Å². The first-order valence-corrected chi connectivity index (χ1v) is 8.52. The molecule has 0 saturated carbocycles. The van der Waals surface area contributed by atoms with Crippen LogP contribution in [-0.4, -0.2) is 35.4 Å². The summed E-state index contributed by atoms with van der Waals surface area (Å²) in [4.78, 5) is 26.1. The molecule has 2 heterocycles. The van der Waals surface area contributed by atoms with Crippen molar-refractivity contribution < 1.29 is 4.79 Å². The Morgan fingerprint density at radius 3 is 2.46 bits per heavy atom. The fourth-order valence-electron chi connectivity index (χ4n) is 3.46. The number of likely N-dealkylation sites (tertiary alicyclic amines) is 1. The number of ketones is 1. The topological polar surface area (TPSA) is 54.7 Å². The van der Waals surface area contributed by atoms with Crippen LogP contribution >= 0.6 is 0 Å². The van der Waals surface area contributed by atoms with Crippen molar-refractivity contribution in [3.8, 4) is 0 Å². The highest BCUT2D eigenvalue weighted by atomic mass is 16.3. The number of aromatic nitrogens is 1. The van der Waals surface area contributed by atoms with E-state index in [0.29, 0.717) is 11.7 Å². The van der Waals surface area contributed by atoms with Gasteiger partial charge in [0.1, 0.15) is 5.69 Å². The third-order valence-corrected chi connectivity index (χ3v) is 4.93. The van der Waals surface area contributed by atoms with Gasteiger partial charge in [-0.05, 0) is 56.4 Å². The molecule has 1 fully saturated rings. The van der Waals surface area contributed by atoms with Crippen LogP contribution in [0, 0.1) is 10.3 Å². The van der Waals surface area contributed by atoms with E-state index >= 15 is 0 Å². The molecule has 1 aliphatic heterocycles. The summed E-state index contributed by atoms with van der Waals surface area (Å²) in [6.07, 6.45) is 4.08. The molecule has 1 aliphatic rings. The normalized spacial score (nSPS) is 17.3. The SMILES string of the molecule is CN1CCC(n2cc(C(=O)C(C)(C)C)c3ccc(N=O)cc32)CC1. The molecule has 1 saturated heterocycles.